The third kappa shape index (κ3) is 5.99. The van der Waals surface area contributed by atoms with Crippen LogP contribution in [0, 0.1) is 0 Å². The Hall–Kier alpha value is -2.83. The Bertz CT molecular complexity index is 1100. The summed E-state index contributed by atoms with van der Waals surface area (Å²) in [6.45, 7) is 0.250. The lowest BCUT2D eigenvalue weighted by Gasteiger charge is -2.33. The number of rotatable bonds is 9. The van der Waals surface area contributed by atoms with E-state index < -0.39 is 6.04 Å². The number of carbonyl (C=O) groups excluding carboxylic acids is 2. The first-order valence-corrected chi connectivity index (χ1v) is 12.8. The SMILES string of the molecule is COc1ccccc1CN(C(=O)Cc1cccs1)[C@H](C(=O)NC1CCCC1)c1ccc(Cl)cc1. The normalized spacial score (nSPS) is 14.5. The minimum atomic E-state index is -0.782. The first-order valence-electron chi connectivity index (χ1n) is 11.5. The van der Waals surface area contributed by atoms with E-state index in [1.165, 1.54) is 11.3 Å². The summed E-state index contributed by atoms with van der Waals surface area (Å²) in [4.78, 5) is 30.1. The fraction of sp³-hybridized carbons (Fsp3) is 0.333. The van der Waals surface area contributed by atoms with E-state index in [1.807, 2.05) is 53.9 Å². The number of para-hydroxylation sites is 1. The van der Waals surface area contributed by atoms with Gasteiger partial charge >= 0.3 is 0 Å². The molecule has 0 radical (unpaired) electrons. The van der Waals surface area contributed by atoms with Crippen molar-refractivity contribution in [3.8, 4) is 5.75 Å². The predicted octanol–water partition coefficient (Wildman–Crippen LogP) is 5.78. The van der Waals surface area contributed by atoms with Gasteiger partial charge in [0.15, 0.2) is 0 Å². The van der Waals surface area contributed by atoms with Gasteiger partial charge < -0.3 is 15.0 Å². The van der Waals surface area contributed by atoms with Crippen LogP contribution in [0.4, 0.5) is 0 Å². The lowest BCUT2D eigenvalue weighted by Crippen LogP contribution is -2.46. The van der Waals surface area contributed by atoms with E-state index in [0.29, 0.717) is 10.8 Å². The molecule has 0 aliphatic heterocycles. The average Bonchev–Trinajstić information content (AvgIpc) is 3.54. The third-order valence-corrected chi connectivity index (χ3v) is 7.33. The van der Waals surface area contributed by atoms with E-state index in [0.717, 1.165) is 41.7 Å². The summed E-state index contributed by atoms with van der Waals surface area (Å²) >= 11 is 7.68. The van der Waals surface area contributed by atoms with Crippen LogP contribution >= 0.6 is 22.9 Å². The molecule has 178 valence electrons. The van der Waals surface area contributed by atoms with Crippen molar-refractivity contribution in [3.63, 3.8) is 0 Å². The van der Waals surface area contributed by atoms with Crippen LogP contribution in [0.1, 0.15) is 47.7 Å². The predicted molar refractivity (Wildman–Crippen MR) is 136 cm³/mol. The highest BCUT2D eigenvalue weighted by Crippen LogP contribution is 2.30. The molecule has 2 amide bonds. The maximum atomic E-state index is 13.7. The lowest BCUT2D eigenvalue weighted by molar-refractivity contribution is -0.141. The second kappa shape index (κ2) is 11.5. The van der Waals surface area contributed by atoms with E-state index in [4.69, 9.17) is 16.3 Å². The van der Waals surface area contributed by atoms with Gasteiger partial charge in [-0.2, -0.15) is 0 Å². The van der Waals surface area contributed by atoms with Gasteiger partial charge in [0.2, 0.25) is 11.8 Å². The van der Waals surface area contributed by atoms with Crippen molar-refractivity contribution in [2.45, 2.75) is 50.7 Å². The van der Waals surface area contributed by atoms with E-state index in [-0.39, 0.29) is 30.8 Å². The Morgan fingerprint density at radius 1 is 1.09 bits per heavy atom. The van der Waals surface area contributed by atoms with Crippen LogP contribution in [-0.2, 0) is 22.6 Å². The molecule has 34 heavy (non-hydrogen) atoms. The van der Waals surface area contributed by atoms with Gasteiger partial charge in [-0.05, 0) is 48.1 Å². The summed E-state index contributed by atoms with van der Waals surface area (Å²) in [6.07, 6.45) is 4.38. The molecule has 1 heterocycles. The standard InChI is InChI=1S/C27H29ClN2O3S/c1-33-24-11-5-2-7-20(24)18-30(25(31)17-23-10-6-16-34-23)26(19-12-14-21(28)15-13-19)27(32)29-22-8-3-4-9-22/h2,5-7,10-16,22,26H,3-4,8-9,17-18H2,1H3,(H,29,32)/t26-/m0/s1. The molecule has 0 unspecified atom stereocenters. The molecule has 3 aromatic rings. The maximum Gasteiger partial charge on any atom is 0.247 e. The fourth-order valence-electron chi connectivity index (χ4n) is 4.47. The summed E-state index contributed by atoms with van der Waals surface area (Å²) in [6, 6.07) is 18.0. The third-order valence-electron chi connectivity index (χ3n) is 6.21. The monoisotopic (exact) mass is 496 g/mol. The highest BCUT2D eigenvalue weighted by molar-refractivity contribution is 7.10. The number of amides is 2. The van der Waals surface area contributed by atoms with Gasteiger partial charge in [-0.15, -0.1) is 11.3 Å². The minimum absolute atomic E-state index is 0.116. The molecule has 1 aliphatic rings. The van der Waals surface area contributed by atoms with Crippen molar-refractivity contribution in [1.29, 1.82) is 0 Å². The molecule has 7 heteroatoms. The first kappa shape index (κ1) is 24.3. The van der Waals surface area contributed by atoms with Crippen LogP contribution in [0.15, 0.2) is 66.0 Å². The van der Waals surface area contributed by atoms with Crippen molar-refractivity contribution in [2.75, 3.05) is 7.11 Å². The van der Waals surface area contributed by atoms with Gasteiger partial charge in [0.1, 0.15) is 11.8 Å². The van der Waals surface area contributed by atoms with Gasteiger partial charge in [-0.1, -0.05) is 60.8 Å². The maximum absolute atomic E-state index is 13.7. The second-order valence-electron chi connectivity index (χ2n) is 8.53. The number of carbonyl (C=O) groups is 2. The van der Waals surface area contributed by atoms with Crippen LogP contribution in [0.2, 0.25) is 5.02 Å². The Morgan fingerprint density at radius 3 is 2.50 bits per heavy atom. The highest BCUT2D eigenvalue weighted by atomic mass is 35.5. The van der Waals surface area contributed by atoms with Gasteiger partial charge in [0, 0.05) is 21.5 Å². The van der Waals surface area contributed by atoms with Gasteiger partial charge in [0.05, 0.1) is 20.1 Å². The molecule has 1 fully saturated rings. The van der Waals surface area contributed by atoms with Gasteiger partial charge in [0.25, 0.3) is 0 Å². The number of methoxy groups -OCH3 is 1. The molecule has 1 saturated carbocycles. The number of hydrogen-bond acceptors (Lipinski definition) is 4. The van der Waals surface area contributed by atoms with E-state index in [2.05, 4.69) is 5.32 Å². The zero-order chi connectivity index (χ0) is 23.9. The lowest BCUT2D eigenvalue weighted by atomic mass is 10.0. The number of halogens is 1. The van der Waals surface area contributed by atoms with Crippen LogP contribution in [-0.4, -0.2) is 29.9 Å². The molecule has 0 spiro atoms. The Balaban J connectivity index is 1.72. The Labute approximate surface area is 209 Å². The quantitative estimate of drug-likeness (QED) is 0.408. The van der Waals surface area contributed by atoms with Crippen LogP contribution in [0.5, 0.6) is 5.75 Å². The van der Waals surface area contributed by atoms with Crippen molar-refractivity contribution in [3.05, 3.63) is 87.1 Å². The molecule has 0 saturated heterocycles. The minimum Gasteiger partial charge on any atom is -0.496 e. The second-order valence-corrected chi connectivity index (χ2v) is 10.0. The summed E-state index contributed by atoms with van der Waals surface area (Å²) in [5, 5.41) is 5.74. The molecule has 1 aromatic heterocycles. The number of hydrogen-bond donors (Lipinski definition) is 1. The van der Waals surface area contributed by atoms with Gasteiger partial charge in [-0.25, -0.2) is 0 Å². The molecule has 0 bridgehead atoms. The Kier molecular flexibility index (Phi) is 8.25. The highest BCUT2D eigenvalue weighted by Gasteiger charge is 2.33. The number of ether oxygens (including phenoxy) is 1. The molecule has 1 N–H and O–H groups in total. The summed E-state index contributed by atoms with van der Waals surface area (Å²) < 4.78 is 5.55. The van der Waals surface area contributed by atoms with E-state index in [9.17, 15) is 9.59 Å². The molecule has 2 aromatic carbocycles. The molecular formula is C27H29ClN2O3S. The summed E-state index contributed by atoms with van der Waals surface area (Å²) in [7, 11) is 1.61. The molecular weight excluding hydrogens is 468 g/mol. The fourth-order valence-corrected chi connectivity index (χ4v) is 5.29. The zero-order valence-corrected chi connectivity index (χ0v) is 20.8. The average molecular weight is 497 g/mol. The largest absolute Gasteiger partial charge is 0.496 e. The topological polar surface area (TPSA) is 58.6 Å². The molecule has 1 atom stereocenters. The van der Waals surface area contributed by atoms with Crippen molar-refractivity contribution < 1.29 is 14.3 Å². The van der Waals surface area contributed by atoms with E-state index in [1.54, 1.807) is 24.1 Å². The van der Waals surface area contributed by atoms with Crippen molar-refractivity contribution >= 4 is 34.8 Å². The number of benzene rings is 2. The van der Waals surface area contributed by atoms with Crippen LogP contribution < -0.4 is 10.1 Å². The van der Waals surface area contributed by atoms with Gasteiger partial charge in [-0.3, -0.25) is 9.59 Å². The summed E-state index contributed by atoms with van der Waals surface area (Å²) in [5.74, 6) is 0.404. The van der Waals surface area contributed by atoms with Crippen molar-refractivity contribution in [1.82, 2.24) is 10.2 Å². The first-order chi connectivity index (χ1) is 16.5. The number of nitrogens with zero attached hydrogens (tertiary/aromatic N) is 1. The van der Waals surface area contributed by atoms with Crippen molar-refractivity contribution in [2.24, 2.45) is 0 Å². The number of thiophene rings is 1. The summed E-state index contributed by atoms with van der Waals surface area (Å²) in [5.41, 5.74) is 1.58. The smallest absolute Gasteiger partial charge is 0.247 e. The number of nitrogens with one attached hydrogen (secondary N) is 1. The van der Waals surface area contributed by atoms with Crippen LogP contribution in [0.3, 0.4) is 0 Å². The molecule has 4 rings (SSSR count). The zero-order valence-electron chi connectivity index (χ0n) is 19.2. The molecule has 1 aliphatic carbocycles. The molecule has 5 nitrogen and oxygen atoms in total. The Morgan fingerprint density at radius 2 is 1.82 bits per heavy atom. The van der Waals surface area contributed by atoms with E-state index >= 15 is 0 Å². The van der Waals surface area contributed by atoms with Crippen LogP contribution in [0.25, 0.3) is 0 Å².